The minimum absolute atomic E-state index is 0.0179. The molecule has 1 aromatic rings. The van der Waals surface area contributed by atoms with Gasteiger partial charge in [-0.25, -0.2) is 4.79 Å². The summed E-state index contributed by atoms with van der Waals surface area (Å²) in [4.78, 5) is 23.5. The summed E-state index contributed by atoms with van der Waals surface area (Å²) in [5.41, 5.74) is 1.07. The largest absolute Gasteiger partial charge is 0.480 e. The van der Waals surface area contributed by atoms with Gasteiger partial charge in [0.25, 0.3) is 5.91 Å². The van der Waals surface area contributed by atoms with E-state index in [0.29, 0.717) is 5.56 Å². The molecule has 1 aromatic carbocycles. The monoisotopic (exact) mass is 291 g/mol. The van der Waals surface area contributed by atoms with Crippen molar-refractivity contribution >= 4 is 11.9 Å². The normalized spacial score (nSPS) is 13.6. The van der Waals surface area contributed by atoms with Crippen molar-refractivity contribution < 1.29 is 14.7 Å². The molecule has 1 amide bonds. The molecular weight excluding hydrogens is 266 g/mol. The van der Waals surface area contributed by atoms with Crippen molar-refractivity contribution in [2.24, 2.45) is 5.41 Å². The fraction of sp³-hybridized carbons (Fsp3) is 0.529. The van der Waals surface area contributed by atoms with Gasteiger partial charge in [0.05, 0.1) is 0 Å². The lowest BCUT2D eigenvalue weighted by atomic mass is 9.86. The van der Waals surface area contributed by atoms with Gasteiger partial charge in [-0.05, 0) is 28.5 Å². The van der Waals surface area contributed by atoms with Gasteiger partial charge >= 0.3 is 5.97 Å². The highest BCUT2D eigenvalue weighted by Crippen LogP contribution is 2.23. The minimum Gasteiger partial charge on any atom is -0.480 e. The van der Waals surface area contributed by atoms with Crippen molar-refractivity contribution in [1.82, 2.24) is 5.32 Å². The Bertz CT molecular complexity index is 518. The number of amides is 1. The molecule has 4 nitrogen and oxygen atoms in total. The SMILES string of the molecule is CC(C)(C)c1ccc(C(=O)N[C@H](C(=O)O)C(C)(C)C)cc1. The van der Waals surface area contributed by atoms with Crippen molar-refractivity contribution in [2.75, 3.05) is 0 Å². The molecule has 116 valence electrons. The Morgan fingerprint density at radius 3 is 1.81 bits per heavy atom. The second kappa shape index (κ2) is 5.88. The molecule has 0 saturated carbocycles. The molecule has 4 heteroatoms. The van der Waals surface area contributed by atoms with E-state index in [9.17, 15) is 14.7 Å². The van der Waals surface area contributed by atoms with E-state index >= 15 is 0 Å². The van der Waals surface area contributed by atoms with Crippen LogP contribution in [-0.2, 0) is 10.2 Å². The number of benzene rings is 1. The number of carbonyl (C=O) groups excluding carboxylic acids is 1. The predicted octanol–water partition coefficient (Wildman–Crippen LogP) is 3.21. The lowest BCUT2D eigenvalue weighted by molar-refractivity contribution is -0.142. The second-order valence-corrected chi connectivity index (χ2v) is 7.44. The average Bonchev–Trinajstić information content (AvgIpc) is 2.33. The third-order valence-electron chi connectivity index (χ3n) is 3.40. The van der Waals surface area contributed by atoms with Gasteiger partial charge in [-0.1, -0.05) is 53.7 Å². The first-order valence-corrected chi connectivity index (χ1v) is 7.07. The third kappa shape index (κ3) is 4.59. The van der Waals surface area contributed by atoms with Crippen LogP contribution in [0.25, 0.3) is 0 Å². The van der Waals surface area contributed by atoms with Gasteiger partial charge in [0.1, 0.15) is 6.04 Å². The van der Waals surface area contributed by atoms with Crippen LogP contribution in [0.5, 0.6) is 0 Å². The first kappa shape index (κ1) is 17.2. The zero-order valence-corrected chi connectivity index (χ0v) is 13.7. The van der Waals surface area contributed by atoms with Crippen LogP contribution >= 0.6 is 0 Å². The minimum atomic E-state index is -1.03. The van der Waals surface area contributed by atoms with Crippen LogP contribution in [0.4, 0.5) is 0 Å². The number of nitrogens with one attached hydrogen (secondary N) is 1. The Balaban J connectivity index is 2.92. The number of hydrogen-bond acceptors (Lipinski definition) is 2. The summed E-state index contributed by atoms with van der Waals surface area (Å²) in [6.45, 7) is 11.7. The lowest BCUT2D eigenvalue weighted by Crippen LogP contribution is -2.49. The van der Waals surface area contributed by atoms with Crippen molar-refractivity contribution in [3.8, 4) is 0 Å². The molecule has 1 rings (SSSR count). The van der Waals surface area contributed by atoms with Gasteiger partial charge in [0.15, 0.2) is 0 Å². The van der Waals surface area contributed by atoms with Crippen LogP contribution in [0, 0.1) is 5.41 Å². The fourth-order valence-corrected chi connectivity index (χ4v) is 1.98. The molecule has 0 radical (unpaired) electrons. The Hall–Kier alpha value is -1.84. The third-order valence-corrected chi connectivity index (χ3v) is 3.40. The maximum atomic E-state index is 12.2. The quantitative estimate of drug-likeness (QED) is 0.898. The van der Waals surface area contributed by atoms with E-state index in [-0.39, 0.29) is 11.3 Å². The molecule has 21 heavy (non-hydrogen) atoms. The van der Waals surface area contributed by atoms with Gasteiger partial charge in [0, 0.05) is 5.56 Å². The van der Waals surface area contributed by atoms with Crippen LogP contribution in [-0.4, -0.2) is 23.0 Å². The Morgan fingerprint density at radius 1 is 1.00 bits per heavy atom. The standard InChI is InChI=1S/C17H25NO3/c1-16(2,3)12-9-7-11(8-10-12)14(19)18-13(15(20)21)17(4,5)6/h7-10,13H,1-6H3,(H,18,19)(H,20,21)/t13-/m1/s1. The zero-order chi connectivity index (χ0) is 16.4. The van der Waals surface area contributed by atoms with Crippen molar-refractivity contribution in [2.45, 2.75) is 53.0 Å². The molecule has 0 saturated heterocycles. The number of carboxylic acids is 1. The molecule has 0 heterocycles. The summed E-state index contributed by atoms with van der Waals surface area (Å²) in [7, 11) is 0. The molecule has 0 aliphatic heterocycles. The van der Waals surface area contributed by atoms with Crippen LogP contribution in [0.2, 0.25) is 0 Å². The fourth-order valence-electron chi connectivity index (χ4n) is 1.98. The summed E-state index contributed by atoms with van der Waals surface area (Å²) in [6, 6.07) is 6.35. The Labute approximate surface area is 126 Å². The molecular formula is C17H25NO3. The Morgan fingerprint density at radius 2 is 1.48 bits per heavy atom. The summed E-state index contributed by atoms with van der Waals surface area (Å²) >= 11 is 0. The molecule has 0 spiro atoms. The maximum absolute atomic E-state index is 12.2. The van der Waals surface area contributed by atoms with Crippen molar-refractivity contribution in [3.05, 3.63) is 35.4 Å². The average molecular weight is 291 g/mol. The number of hydrogen-bond donors (Lipinski definition) is 2. The van der Waals surface area contributed by atoms with E-state index in [1.807, 2.05) is 12.1 Å². The van der Waals surface area contributed by atoms with E-state index in [0.717, 1.165) is 5.56 Å². The molecule has 0 aliphatic rings. The summed E-state index contributed by atoms with van der Waals surface area (Å²) in [5.74, 6) is -1.39. The van der Waals surface area contributed by atoms with E-state index < -0.39 is 17.4 Å². The summed E-state index contributed by atoms with van der Waals surface area (Å²) in [6.07, 6.45) is 0. The van der Waals surface area contributed by atoms with Crippen LogP contribution < -0.4 is 5.32 Å². The zero-order valence-electron chi connectivity index (χ0n) is 13.7. The second-order valence-electron chi connectivity index (χ2n) is 7.44. The number of carboxylic acid groups (broad SMARTS) is 1. The number of aliphatic carboxylic acids is 1. The van der Waals surface area contributed by atoms with Crippen LogP contribution in [0.3, 0.4) is 0 Å². The van der Waals surface area contributed by atoms with Crippen molar-refractivity contribution in [3.63, 3.8) is 0 Å². The highest BCUT2D eigenvalue weighted by atomic mass is 16.4. The molecule has 0 unspecified atom stereocenters. The highest BCUT2D eigenvalue weighted by molar-refractivity contribution is 5.96. The van der Waals surface area contributed by atoms with Gasteiger partial charge in [0.2, 0.25) is 0 Å². The molecule has 0 aromatic heterocycles. The first-order valence-electron chi connectivity index (χ1n) is 7.07. The molecule has 0 bridgehead atoms. The first-order chi connectivity index (χ1) is 9.43. The molecule has 0 aliphatic carbocycles. The highest BCUT2D eigenvalue weighted by Gasteiger charge is 2.32. The molecule has 2 N–H and O–H groups in total. The lowest BCUT2D eigenvalue weighted by Gasteiger charge is -2.27. The van der Waals surface area contributed by atoms with E-state index in [1.54, 1.807) is 32.9 Å². The van der Waals surface area contributed by atoms with Crippen LogP contribution in [0.1, 0.15) is 57.5 Å². The van der Waals surface area contributed by atoms with Crippen LogP contribution in [0.15, 0.2) is 24.3 Å². The van der Waals surface area contributed by atoms with Gasteiger partial charge in [-0.15, -0.1) is 0 Å². The Kier molecular flexibility index (Phi) is 4.82. The number of rotatable bonds is 3. The maximum Gasteiger partial charge on any atom is 0.326 e. The van der Waals surface area contributed by atoms with Gasteiger partial charge in [-0.2, -0.15) is 0 Å². The van der Waals surface area contributed by atoms with E-state index in [2.05, 4.69) is 26.1 Å². The number of carbonyl (C=O) groups is 2. The van der Waals surface area contributed by atoms with Gasteiger partial charge in [-0.3, -0.25) is 4.79 Å². The molecule has 1 atom stereocenters. The van der Waals surface area contributed by atoms with E-state index in [1.165, 1.54) is 0 Å². The topological polar surface area (TPSA) is 66.4 Å². The summed E-state index contributed by atoms with van der Waals surface area (Å²) < 4.78 is 0. The smallest absolute Gasteiger partial charge is 0.326 e. The van der Waals surface area contributed by atoms with E-state index in [4.69, 9.17) is 0 Å². The van der Waals surface area contributed by atoms with Crippen molar-refractivity contribution in [1.29, 1.82) is 0 Å². The van der Waals surface area contributed by atoms with Gasteiger partial charge < -0.3 is 10.4 Å². The molecule has 0 fully saturated rings. The summed E-state index contributed by atoms with van der Waals surface area (Å²) in [5, 5.41) is 11.8. The predicted molar refractivity (Wildman–Crippen MR) is 83.5 cm³/mol.